The number of amides is 2. The fourth-order valence-corrected chi connectivity index (χ4v) is 5.98. The molecule has 2 aromatic heterocycles. The van der Waals surface area contributed by atoms with Crippen molar-refractivity contribution in [1.82, 2.24) is 34.7 Å². The van der Waals surface area contributed by atoms with E-state index in [4.69, 9.17) is 4.74 Å². The van der Waals surface area contributed by atoms with E-state index in [1.54, 1.807) is 37.3 Å². The minimum atomic E-state index is -0.945. The number of carbonyl (C=O) groups is 3. The zero-order valence-electron chi connectivity index (χ0n) is 29.5. The molecule has 1 fully saturated rings. The number of imidazole rings is 1. The number of nitriles is 1. The quantitative estimate of drug-likeness (QED) is 0.158. The van der Waals surface area contributed by atoms with E-state index < -0.39 is 23.7 Å². The molecule has 2 amide bonds. The second-order valence-corrected chi connectivity index (χ2v) is 12.6. The van der Waals surface area contributed by atoms with Crippen LogP contribution in [0.1, 0.15) is 36.4 Å². The van der Waals surface area contributed by atoms with Crippen molar-refractivity contribution in [2.24, 2.45) is 0 Å². The number of hydrogen-bond donors (Lipinski definition) is 3. The van der Waals surface area contributed by atoms with Crippen molar-refractivity contribution < 1.29 is 23.5 Å². The normalized spacial score (nSPS) is 13.6. The van der Waals surface area contributed by atoms with E-state index in [-0.39, 0.29) is 36.7 Å². The Kier molecular flexibility index (Phi) is 11.1. The van der Waals surface area contributed by atoms with Crippen molar-refractivity contribution in [1.29, 1.82) is 5.26 Å². The third-order valence-electron chi connectivity index (χ3n) is 8.77. The molecule has 0 saturated carbocycles. The maximum absolute atomic E-state index is 13.9. The molecule has 1 saturated heterocycles. The highest BCUT2D eigenvalue weighted by molar-refractivity contribution is 5.90. The molecular weight excluding hydrogens is 681 g/mol. The summed E-state index contributed by atoms with van der Waals surface area (Å²) in [6.07, 6.45) is 0.177. The van der Waals surface area contributed by atoms with Crippen LogP contribution in [-0.4, -0.2) is 91.8 Å². The summed E-state index contributed by atoms with van der Waals surface area (Å²) in [4.78, 5) is 64.6. The fraction of sp³-hybridized carbons (Fsp3) is 0.297. The van der Waals surface area contributed by atoms with E-state index in [0.29, 0.717) is 47.7 Å². The van der Waals surface area contributed by atoms with E-state index in [9.17, 15) is 24.0 Å². The van der Waals surface area contributed by atoms with E-state index in [1.165, 1.54) is 31.1 Å². The SMILES string of the molecule is COC(=O)[C@H](Cc1ccc(C#N)cc1)Nc1nc(Nc2cccc(CN3CCN(C(C)=O)CC3)c2)nc(N(Cc2nc3cc(F)ccc3[nH]2)C(C)=O)n1. The highest BCUT2D eigenvalue weighted by Crippen LogP contribution is 2.23. The number of aromatic nitrogens is 5. The molecular formula is C37H38FN11O4. The van der Waals surface area contributed by atoms with Crippen molar-refractivity contribution in [3.05, 3.63) is 95.1 Å². The third kappa shape index (κ3) is 9.26. The number of benzene rings is 3. The summed E-state index contributed by atoms with van der Waals surface area (Å²) in [5.41, 5.74) is 3.92. The van der Waals surface area contributed by atoms with Gasteiger partial charge in [-0.1, -0.05) is 24.3 Å². The van der Waals surface area contributed by atoms with Crippen LogP contribution in [0.3, 0.4) is 0 Å². The lowest BCUT2D eigenvalue weighted by Gasteiger charge is -2.34. The van der Waals surface area contributed by atoms with Gasteiger partial charge >= 0.3 is 5.97 Å². The van der Waals surface area contributed by atoms with Gasteiger partial charge in [0.2, 0.25) is 29.7 Å². The molecule has 0 aliphatic carbocycles. The molecule has 1 aliphatic heterocycles. The number of fused-ring (bicyclic) bond motifs is 1. The first kappa shape index (κ1) is 36.3. The maximum atomic E-state index is 13.9. The largest absolute Gasteiger partial charge is 0.467 e. The van der Waals surface area contributed by atoms with Crippen LogP contribution in [0.5, 0.6) is 0 Å². The van der Waals surface area contributed by atoms with Crippen molar-refractivity contribution >= 4 is 52.3 Å². The number of esters is 1. The summed E-state index contributed by atoms with van der Waals surface area (Å²) in [6, 6.07) is 19.8. The number of rotatable bonds is 12. The van der Waals surface area contributed by atoms with Gasteiger partial charge in [-0.25, -0.2) is 14.2 Å². The van der Waals surface area contributed by atoms with Crippen LogP contribution >= 0.6 is 0 Å². The molecule has 1 atom stereocenters. The van der Waals surface area contributed by atoms with Crippen LogP contribution in [0, 0.1) is 17.1 Å². The molecule has 0 spiro atoms. The minimum absolute atomic E-state index is 0.0148. The lowest BCUT2D eigenvalue weighted by Crippen LogP contribution is -2.47. The molecule has 16 heteroatoms. The Morgan fingerprint density at radius 3 is 2.42 bits per heavy atom. The van der Waals surface area contributed by atoms with E-state index in [1.807, 2.05) is 29.2 Å². The molecule has 0 radical (unpaired) electrons. The number of nitrogens with one attached hydrogen (secondary N) is 3. The zero-order valence-corrected chi connectivity index (χ0v) is 29.5. The van der Waals surface area contributed by atoms with Gasteiger partial charge in [0.05, 0.1) is 36.3 Å². The molecule has 53 heavy (non-hydrogen) atoms. The van der Waals surface area contributed by atoms with Crippen molar-refractivity contribution in [2.45, 2.75) is 39.4 Å². The number of halogens is 1. The van der Waals surface area contributed by atoms with Crippen molar-refractivity contribution in [2.75, 3.05) is 48.8 Å². The second-order valence-electron chi connectivity index (χ2n) is 12.6. The molecule has 3 N–H and O–H groups in total. The van der Waals surface area contributed by atoms with Crippen LogP contribution in [0.2, 0.25) is 0 Å². The zero-order chi connectivity index (χ0) is 37.5. The second kappa shape index (κ2) is 16.3. The molecule has 272 valence electrons. The number of H-pyrrole nitrogens is 1. The Morgan fingerprint density at radius 1 is 0.962 bits per heavy atom. The molecule has 6 rings (SSSR count). The minimum Gasteiger partial charge on any atom is -0.467 e. The average molecular weight is 720 g/mol. The fourth-order valence-electron chi connectivity index (χ4n) is 5.98. The Morgan fingerprint density at radius 2 is 1.72 bits per heavy atom. The number of nitrogens with zero attached hydrogens (tertiary/aromatic N) is 8. The van der Waals surface area contributed by atoms with Crippen LogP contribution in [-0.2, 0) is 38.6 Å². The van der Waals surface area contributed by atoms with Gasteiger partial charge < -0.3 is 25.3 Å². The maximum Gasteiger partial charge on any atom is 0.328 e. The monoisotopic (exact) mass is 719 g/mol. The summed E-state index contributed by atoms with van der Waals surface area (Å²) in [5, 5.41) is 15.5. The molecule has 15 nitrogen and oxygen atoms in total. The highest BCUT2D eigenvalue weighted by atomic mass is 19.1. The van der Waals surface area contributed by atoms with E-state index in [0.717, 1.165) is 24.2 Å². The standard InChI is InChI=1S/C37H38FN11O4/c1-23(50)48-15-13-47(14-16-48)21-27-5-4-6-29(17-27)40-35-44-36(43-32(34(52)53-3)18-25-7-9-26(20-39)10-8-25)46-37(45-35)49(24(2)51)22-33-41-30-12-11-28(38)19-31(30)42-33/h4-12,17,19,32H,13-16,18,21-22H2,1-3H3,(H,41,42)(H2,40,43,44,45,46)/t32-/m0/s1. The van der Waals surface area contributed by atoms with Gasteiger partial charge in [0, 0.05) is 64.7 Å². The molecule has 0 bridgehead atoms. The van der Waals surface area contributed by atoms with Gasteiger partial charge in [0.25, 0.3) is 0 Å². The number of carbonyl (C=O) groups excluding carboxylic acids is 3. The number of piperazine rings is 1. The number of hydrogen-bond acceptors (Lipinski definition) is 12. The number of aromatic amines is 1. The van der Waals surface area contributed by atoms with Gasteiger partial charge in [-0.2, -0.15) is 20.2 Å². The predicted molar refractivity (Wildman–Crippen MR) is 194 cm³/mol. The van der Waals surface area contributed by atoms with E-state index >= 15 is 0 Å². The van der Waals surface area contributed by atoms with Gasteiger partial charge in [-0.05, 0) is 47.5 Å². The summed E-state index contributed by atoms with van der Waals surface area (Å²) in [7, 11) is 1.27. The smallest absolute Gasteiger partial charge is 0.328 e. The first-order chi connectivity index (χ1) is 25.6. The van der Waals surface area contributed by atoms with Crippen molar-refractivity contribution in [3.63, 3.8) is 0 Å². The first-order valence-electron chi connectivity index (χ1n) is 16.9. The topological polar surface area (TPSA) is 185 Å². The first-order valence-corrected chi connectivity index (χ1v) is 16.9. The molecule has 0 unspecified atom stereocenters. The Labute approximate surface area is 304 Å². The van der Waals surface area contributed by atoms with Gasteiger partial charge in [0.15, 0.2) is 0 Å². The summed E-state index contributed by atoms with van der Waals surface area (Å²) in [5.74, 6) is -0.951. The lowest BCUT2D eigenvalue weighted by molar-refractivity contribution is -0.141. The van der Waals surface area contributed by atoms with Crippen LogP contribution in [0.15, 0.2) is 66.7 Å². The molecule has 3 heterocycles. The number of ether oxygens (including phenoxy) is 1. The average Bonchev–Trinajstić information content (AvgIpc) is 3.55. The van der Waals surface area contributed by atoms with Crippen molar-refractivity contribution in [3.8, 4) is 6.07 Å². The van der Waals surface area contributed by atoms with Gasteiger partial charge in [-0.3, -0.25) is 19.4 Å². The van der Waals surface area contributed by atoms with Crippen LogP contribution < -0.4 is 15.5 Å². The summed E-state index contributed by atoms with van der Waals surface area (Å²) >= 11 is 0. The summed E-state index contributed by atoms with van der Waals surface area (Å²) < 4.78 is 19.0. The van der Waals surface area contributed by atoms with Crippen LogP contribution in [0.4, 0.5) is 27.9 Å². The molecule has 5 aromatic rings. The number of methoxy groups -OCH3 is 1. The van der Waals surface area contributed by atoms with Gasteiger partial charge in [-0.15, -0.1) is 0 Å². The predicted octanol–water partition coefficient (Wildman–Crippen LogP) is 3.92. The molecule has 3 aromatic carbocycles. The Hall–Kier alpha value is -6.47. The Bertz CT molecular complexity index is 2160. The highest BCUT2D eigenvalue weighted by Gasteiger charge is 2.25. The number of anilines is 4. The third-order valence-corrected chi connectivity index (χ3v) is 8.77. The van der Waals surface area contributed by atoms with Gasteiger partial charge in [0.1, 0.15) is 17.7 Å². The van der Waals surface area contributed by atoms with E-state index in [2.05, 4.69) is 46.5 Å². The summed E-state index contributed by atoms with van der Waals surface area (Å²) in [6.45, 7) is 6.40. The van der Waals surface area contributed by atoms with Crippen LogP contribution in [0.25, 0.3) is 11.0 Å². The molecule has 1 aliphatic rings. The lowest BCUT2D eigenvalue weighted by atomic mass is 10.0. The Balaban J connectivity index is 1.30.